The van der Waals surface area contributed by atoms with Crippen LogP contribution in [-0.4, -0.2) is 18.4 Å². The molecule has 0 radical (unpaired) electrons. The van der Waals surface area contributed by atoms with Gasteiger partial charge in [-0.2, -0.15) is 0 Å². The van der Waals surface area contributed by atoms with Gasteiger partial charge in [-0.05, 0) is 0 Å². The molecule has 0 fully saturated rings. The summed E-state index contributed by atoms with van der Waals surface area (Å²) in [4.78, 5) is 13.7. The Balaban J connectivity index is 2.99. The van der Waals surface area contributed by atoms with E-state index in [0.29, 0.717) is 17.7 Å². The van der Waals surface area contributed by atoms with Crippen molar-refractivity contribution in [3.63, 3.8) is 0 Å². The smallest absolute Gasteiger partial charge is 0.213 e. The number of halogens is 1. The van der Waals surface area contributed by atoms with E-state index in [1.807, 2.05) is 0 Å². The lowest BCUT2D eigenvalue weighted by molar-refractivity contribution is -0.107. The second-order valence-electron chi connectivity index (χ2n) is 2.19. The molecular weight excluding hydrogens is 161 g/mol. The summed E-state index contributed by atoms with van der Waals surface area (Å²) in [5.41, 5.74) is 0.303. The number of aldehydes is 1. The van der Waals surface area contributed by atoms with Crippen LogP contribution in [-0.2, 0) is 11.2 Å². The maximum Gasteiger partial charge on any atom is 0.213 e. The third kappa shape index (κ3) is 1.78. The number of rotatable bonds is 3. The minimum absolute atomic E-state index is 0.0463. The zero-order valence-electron chi connectivity index (χ0n) is 6.58. The third-order valence-corrected chi connectivity index (χ3v) is 1.42. The Morgan fingerprint density at radius 2 is 2.50 bits per heavy atom. The highest BCUT2D eigenvalue weighted by Gasteiger charge is 2.03. The van der Waals surface area contributed by atoms with Gasteiger partial charge in [-0.15, -0.1) is 0 Å². The first-order valence-corrected chi connectivity index (χ1v) is 3.40. The van der Waals surface area contributed by atoms with Gasteiger partial charge < -0.3 is 9.53 Å². The number of pyridine rings is 1. The number of methoxy groups -OCH3 is 1. The number of ether oxygens (including phenoxy) is 1. The van der Waals surface area contributed by atoms with E-state index >= 15 is 0 Å². The molecule has 0 aliphatic heterocycles. The average Bonchev–Trinajstić information content (AvgIpc) is 2.09. The predicted octanol–water partition coefficient (Wildman–Crippen LogP) is 0.971. The van der Waals surface area contributed by atoms with Crippen molar-refractivity contribution in [2.24, 2.45) is 0 Å². The quantitative estimate of drug-likeness (QED) is 0.633. The van der Waals surface area contributed by atoms with E-state index in [2.05, 4.69) is 4.98 Å². The summed E-state index contributed by atoms with van der Waals surface area (Å²) in [7, 11) is 1.44. The molecule has 0 bridgehead atoms. The SMILES string of the molecule is COc1cc(CC=O)c(F)cn1. The molecule has 12 heavy (non-hydrogen) atoms. The number of nitrogens with zero attached hydrogens (tertiary/aromatic N) is 1. The lowest BCUT2D eigenvalue weighted by atomic mass is 10.2. The largest absolute Gasteiger partial charge is 0.481 e. The highest BCUT2D eigenvalue weighted by atomic mass is 19.1. The van der Waals surface area contributed by atoms with Crippen molar-refractivity contribution >= 4 is 6.29 Å². The number of carbonyl (C=O) groups is 1. The van der Waals surface area contributed by atoms with Crippen molar-refractivity contribution in [1.29, 1.82) is 0 Å². The van der Waals surface area contributed by atoms with Crippen LogP contribution < -0.4 is 4.74 Å². The van der Waals surface area contributed by atoms with Crippen LogP contribution in [0.5, 0.6) is 5.88 Å². The first kappa shape index (κ1) is 8.64. The van der Waals surface area contributed by atoms with E-state index in [-0.39, 0.29) is 6.42 Å². The highest BCUT2D eigenvalue weighted by molar-refractivity contribution is 5.55. The highest BCUT2D eigenvalue weighted by Crippen LogP contribution is 2.12. The average molecular weight is 169 g/mol. The van der Waals surface area contributed by atoms with Crippen molar-refractivity contribution in [3.8, 4) is 5.88 Å². The van der Waals surface area contributed by atoms with Gasteiger partial charge in [-0.1, -0.05) is 0 Å². The molecule has 1 aromatic heterocycles. The predicted molar refractivity (Wildman–Crippen MR) is 40.5 cm³/mol. The number of aromatic nitrogens is 1. The van der Waals surface area contributed by atoms with Gasteiger partial charge in [0, 0.05) is 18.1 Å². The van der Waals surface area contributed by atoms with E-state index in [1.54, 1.807) is 0 Å². The van der Waals surface area contributed by atoms with E-state index in [4.69, 9.17) is 4.74 Å². The molecule has 0 amide bonds. The van der Waals surface area contributed by atoms with E-state index in [0.717, 1.165) is 6.20 Å². The molecule has 0 saturated carbocycles. The van der Waals surface area contributed by atoms with Crippen LogP contribution in [0.3, 0.4) is 0 Å². The van der Waals surface area contributed by atoms with Gasteiger partial charge in [0.15, 0.2) is 0 Å². The number of hydrogen-bond acceptors (Lipinski definition) is 3. The summed E-state index contributed by atoms with van der Waals surface area (Å²) < 4.78 is 17.6. The normalized spacial score (nSPS) is 9.50. The second-order valence-corrected chi connectivity index (χ2v) is 2.19. The molecule has 0 saturated heterocycles. The molecule has 4 heteroatoms. The van der Waals surface area contributed by atoms with Crippen LogP contribution in [0, 0.1) is 5.82 Å². The molecule has 0 unspecified atom stereocenters. The third-order valence-electron chi connectivity index (χ3n) is 1.42. The first-order chi connectivity index (χ1) is 5.77. The van der Waals surface area contributed by atoms with Crippen LogP contribution in [0.25, 0.3) is 0 Å². The fraction of sp³-hybridized carbons (Fsp3) is 0.250. The lowest BCUT2D eigenvalue weighted by Gasteiger charge is -2.01. The molecule has 1 rings (SSSR count). The Labute approximate surface area is 69.2 Å². The monoisotopic (exact) mass is 169 g/mol. The summed E-state index contributed by atoms with van der Waals surface area (Å²) in [5.74, 6) is -0.170. The Bertz CT molecular complexity index is 288. The molecule has 0 spiro atoms. The zero-order valence-corrected chi connectivity index (χ0v) is 6.58. The minimum atomic E-state index is -0.483. The minimum Gasteiger partial charge on any atom is -0.481 e. The maximum atomic E-state index is 12.8. The summed E-state index contributed by atoms with van der Waals surface area (Å²) in [6, 6.07) is 1.41. The molecule has 0 aromatic carbocycles. The van der Waals surface area contributed by atoms with Crippen LogP contribution >= 0.6 is 0 Å². The molecule has 3 nitrogen and oxygen atoms in total. The van der Waals surface area contributed by atoms with Crippen LogP contribution in [0.15, 0.2) is 12.3 Å². The molecule has 0 N–H and O–H groups in total. The van der Waals surface area contributed by atoms with Crippen LogP contribution in [0.2, 0.25) is 0 Å². The number of carbonyl (C=O) groups excluding carboxylic acids is 1. The number of hydrogen-bond donors (Lipinski definition) is 0. The summed E-state index contributed by atoms with van der Waals surface area (Å²) in [6.07, 6.45) is 1.72. The molecule has 1 aromatic rings. The van der Waals surface area contributed by atoms with Crippen molar-refractivity contribution in [3.05, 3.63) is 23.6 Å². The first-order valence-electron chi connectivity index (χ1n) is 3.40. The topological polar surface area (TPSA) is 39.2 Å². The second kappa shape index (κ2) is 3.80. The van der Waals surface area contributed by atoms with Gasteiger partial charge in [0.1, 0.15) is 12.1 Å². The molecular formula is C8H8FNO2. The Morgan fingerprint density at radius 3 is 3.08 bits per heavy atom. The molecule has 0 atom stereocenters. The van der Waals surface area contributed by atoms with Crippen molar-refractivity contribution in [1.82, 2.24) is 4.98 Å². The zero-order chi connectivity index (χ0) is 8.97. The fourth-order valence-corrected chi connectivity index (χ4v) is 0.816. The molecule has 0 aliphatic carbocycles. The van der Waals surface area contributed by atoms with Crippen molar-refractivity contribution in [2.75, 3.05) is 7.11 Å². The van der Waals surface area contributed by atoms with E-state index < -0.39 is 5.82 Å². The molecule has 1 heterocycles. The maximum absolute atomic E-state index is 12.8. The van der Waals surface area contributed by atoms with Gasteiger partial charge in [0.2, 0.25) is 5.88 Å². The van der Waals surface area contributed by atoms with Crippen molar-refractivity contribution in [2.45, 2.75) is 6.42 Å². The standard InChI is InChI=1S/C8H8FNO2/c1-12-8-4-6(2-3-11)7(9)5-10-8/h3-5H,2H2,1H3. The van der Waals surface area contributed by atoms with Crippen molar-refractivity contribution < 1.29 is 13.9 Å². The summed E-state index contributed by atoms with van der Waals surface area (Å²) in [5, 5.41) is 0. The van der Waals surface area contributed by atoms with Gasteiger partial charge in [0.05, 0.1) is 13.3 Å². The van der Waals surface area contributed by atoms with E-state index in [9.17, 15) is 9.18 Å². The van der Waals surface area contributed by atoms with E-state index in [1.165, 1.54) is 13.2 Å². The fourth-order valence-electron chi connectivity index (χ4n) is 0.816. The lowest BCUT2D eigenvalue weighted by Crippen LogP contribution is -1.95. The Kier molecular flexibility index (Phi) is 2.74. The Morgan fingerprint density at radius 1 is 1.75 bits per heavy atom. The van der Waals surface area contributed by atoms with Gasteiger partial charge in [0.25, 0.3) is 0 Å². The molecule has 0 aliphatic rings. The van der Waals surface area contributed by atoms with Gasteiger partial charge in [-0.3, -0.25) is 0 Å². The van der Waals surface area contributed by atoms with Gasteiger partial charge in [-0.25, -0.2) is 9.37 Å². The van der Waals surface area contributed by atoms with Crippen LogP contribution in [0.1, 0.15) is 5.56 Å². The van der Waals surface area contributed by atoms with Gasteiger partial charge >= 0.3 is 0 Å². The Hall–Kier alpha value is -1.45. The summed E-state index contributed by atoms with van der Waals surface area (Å²) in [6.45, 7) is 0. The van der Waals surface area contributed by atoms with Crippen LogP contribution in [0.4, 0.5) is 4.39 Å². The summed E-state index contributed by atoms with van der Waals surface area (Å²) >= 11 is 0. The molecule has 64 valence electrons.